The molecule has 3 aliphatic carbocycles. The lowest BCUT2D eigenvalue weighted by atomic mass is 9.55. The quantitative estimate of drug-likeness (QED) is 0.436. The minimum atomic E-state index is -0.384. The molecule has 2 aromatic carbocycles. The number of carbonyl (C=O) groups excluding carboxylic acids is 1. The molecule has 0 saturated heterocycles. The highest BCUT2D eigenvalue weighted by Gasteiger charge is 2.57. The molecule has 2 aromatic rings. The lowest BCUT2D eigenvalue weighted by Crippen LogP contribution is -2.44. The number of aliphatic hydroxyl groups is 1. The topological polar surface area (TPSA) is 66.6 Å². The average molecular weight is 503 g/mol. The summed E-state index contributed by atoms with van der Waals surface area (Å²) in [5, 5.41) is 11.6. The minimum absolute atomic E-state index is 0.00855. The third-order valence-electron chi connectivity index (χ3n) is 10.1. The Morgan fingerprint density at radius 3 is 2.59 bits per heavy atom. The summed E-state index contributed by atoms with van der Waals surface area (Å²) >= 11 is 0. The van der Waals surface area contributed by atoms with Crippen LogP contribution < -0.4 is 5.73 Å². The number of aliphatic hydroxyl groups excluding tert-OH is 1. The molecule has 0 unspecified atom stereocenters. The molecule has 3 aliphatic rings. The van der Waals surface area contributed by atoms with Crippen LogP contribution in [0.4, 0.5) is 0 Å². The number of primary amides is 1. The second kappa shape index (κ2) is 10.9. The van der Waals surface area contributed by atoms with Crippen molar-refractivity contribution in [2.45, 2.75) is 90.7 Å². The van der Waals surface area contributed by atoms with Gasteiger partial charge in [-0.05, 0) is 128 Å². The van der Waals surface area contributed by atoms with Crippen LogP contribution in [0.5, 0.6) is 0 Å². The van der Waals surface area contributed by atoms with Crippen molar-refractivity contribution in [2.24, 2.45) is 28.9 Å². The summed E-state index contributed by atoms with van der Waals surface area (Å²) in [6, 6.07) is 15.0. The number of rotatable bonds is 9. The van der Waals surface area contributed by atoms with Gasteiger partial charge in [0.2, 0.25) is 5.91 Å². The molecule has 4 heteroatoms. The van der Waals surface area contributed by atoms with Gasteiger partial charge in [-0.15, -0.1) is 0 Å². The second-order valence-corrected chi connectivity index (χ2v) is 12.5. The molecule has 0 aromatic heterocycles. The van der Waals surface area contributed by atoms with Crippen LogP contribution in [0.25, 0.3) is 0 Å². The highest BCUT2D eigenvalue weighted by molar-refractivity contribution is 5.92. The number of hydrogen-bond donors (Lipinski definition) is 2. The lowest BCUT2D eigenvalue weighted by molar-refractivity contribution is -0.0325. The molecule has 1 amide bonds. The van der Waals surface area contributed by atoms with Gasteiger partial charge >= 0.3 is 0 Å². The van der Waals surface area contributed by atoms with Gasteiger partial charge in [0.05, 0.1) is 6.10 Å². The van der Waals surface area contributed by atoms with Crippen LogP contribution in [-0.2, 0) is 19.4 Å². The number of aryl methyl sites for hydroxylation is 1. The van der Waals surface area contributed by atoms with E-state index < -0.39 is 0 Å². The molecule has 5 rings (SSSR count). The van der Waals surface area contributed by atoms with Gasteiger partial charge in [0.25, 0.3) is 0 Å². The van der Waals surface area contributed by atoms with E-state index in [1.54, 1.807) is 17.2 Å². The molecule has 2 saturated carbocycles. The van der Waals surface area contributed by atoms with E-state index in [4.69, 9.17) is 5.73 Å². The van der Waals surface area contributed by atoms with Gasteiger partial charge in [-0.2, -0.15) is 0 Å². The van der Waals surface area contributed by atoms with Crippen LogP contribution in [0.3, 0.4) is 0 Å². The predicted molar refractivity (Wildman–Crippen MR) is 150 cm³/mol. The first-order chi connectivity index (χ1) is 17.8. The molecule has 0 radical (unpaired) electrons. The highest BCUT2D eigenvalue weighted by atomic mass is 16.3. The van der Waals surface area contributed by atoms with Crippen LogP contribution in [0.1, 0.15) is 97.8 Å². The van der Waals surface area contributed by atoms with Crippen LogP contribution >= 0.6 is 0 Å². The van der Waals surface area contributed by atoms with Crippen LogP contribution in [0.15, 0.2) is 42.5 Å². The predicted octanol–water partition coefficient (Wildman–Crippen LogP) is 6.09. The first-order valence-electron chi connectivity index (χ1n) is 14.7. The molecule has 0 aliphatic heterocycles. The molecule has 2 fully saturated rings. The number of fused-ring (bicyclic) bond motifs is 5. The van der Waals surface area contributed by atoms with E-state index in [0.717, 1.165) is 31.4 Å². The zero-order valence-corrected chi connectivity index (χ0v) is 23.1. The Kier molecular flexibility index (Phi) is 7.79. The Balaban J connectivity index is 1.32. The zero-order chi connectivity index (χ0) is 26.2. The number of carbonyl (C=O) groups is 1. The average Bonchev–Trinajstić information content (AvgIpc) is 3.14. The fourth-order valence-electron chi connectivity index (χ4n) is 8.40. The third kappa shape index (κ3) is 5.12. The van der Waals surface area contributed by atoms with E-state index in [1.807, 2.05) is 12.1 Å². The molecular formula is C33H46N2O2. The van der Waals surface area contributed by atoms with Gasteiger partial charge in [-0.3, -0.25) is 9.69 Å². The summed E-state index contributed by atoms with van der Waals surface area (Å²) in [5.74, 6) is 1.70. The van der Waals surface area contributed by atoms with E-state index in [0.29, 0.717) is 23.3 Å². The summed E-state index contributed by atoms with van der Waals surface area (Å²) in [7, 11) is 0. The van der Waals surface area contributed by atoms with Crippen LogP contribution in [0.2, 0.25) is 0 Å². The van der Waals surface area contributed by atoms with Crippen molar-refractivity contribution >= 4 is 5.91 Å². The number of amides is 1. The van der Waals surface area contributed by atoms with Crippen molar-refractivity contribution in [3.63, 3.8) is 0 Å². The van der Waals surface area contributed by atoms with Gasteiger partial charge in [0, 0.05) is 12.1 Å². The van der Waals surface area contributed by atoms with Gasteiger partial charge in [0.1, 0.15) is 0 Å². The molecule has 3 N–H and O–H groups in total. The smallest absolute Gasteiger partial charge is 0.248 e. The van der Waals surface area contributed by atoms with E-state index in [-0.39, 0.29) is 23.3 Å². The first-order valence-corrected chi connectivity index (χ1v) is 14.7. The van der Waals surface area contributed by atoms with Gasteiger partial charge in [-0.1, -0.05) is 51.1 Å². The molecule has 0 bridgehead atoms. The maximum atomic E-state index is 11.7. The van der Waals surface area contributed by atoms with E-state index >= 15 is 0 Å². The summed E-state index contributed by atoms with van der Waals surface area (Å²) in [4.78, 5) is 14.3. The highest BCUT2D eigenvalue weighted by Crippen LogP contribution is 2.62. The van der Waals surface area contributed by atoms with Crippen molar-refractivity contribution in [2.75, 3.05) is 13.1 Å². The molecular weight excluding hydrogens is 456 g/mol. The molecule has 6 atom stereocenters. The molecule has 37 heavy (non-hydrogen) atoms. The van der Waals surface area contributed by atoms with Gasteiger partial charge in [-0.25, -0.2) is 0 Å². The fraction of sp³-hybridized carbons (Fsp3) is 0.606. The number of nitrogens with zero attached hydrogens (tertiary/aromatic N) is 1. The zero-order valence-electron chi connectivity index (χ0n) is 23.1. The Bertz CT molecular complexity index is 1110. The SMILES string of the molecule is CCCN(CCC)Cc1ccc2c(c1)CC[C@@H]1[C@@H]2CC[C@]2(C)[C@@H](O)[C@@H](Cc3cccc(C(N)=O)c3)C[C@@H]12. The van der Waals surface area contributed by atoms with Crippen molar-refractivity contribution in [3.05, 3.63) is 70.3 Å². The number of benzene rings is 2. The summed E-state index contributed by atoms with van der Waals surface area (Å²) in [6.07, 6.45) is 8.71. The number of hydrogen-bond acceptors (Lipinski definition) is 3. The Hall–Kier alpha value is -2.17. The Morgan fingerprint density at radius 1 is 1.08 bits per heavy atom. The molecule has 4 nitrogen and oxygen atoms in total. The second-order valence-electron chi connectivity index (χ2n) is 12.5. The fourth-order valence-corrected chi connectivity index (χ4v) is 8.40. The largest absolute Gasteiger partial charge is 0.392 e. The van der Waals surface area contributed by atoms with E-state index in [9.17, 15) is 9.90 Å². The van der Waals surface area contributed by atoms with Crippen molar-refractivity contribution in [1.82, 2.24) is 4.90 Å². The summed E-state index contributed by atoms with van der Waals surface area (Å²) in [6.45, 7) is 10.3. The van der Waals surface area contributed by atoms with Crippen LogP contribution in [0, 0.1) is 23.2 Å². The Labute approximate surface area is 223 Å². The lowest BCUT2D eigenvalue weighted by Gasteiger charge is -2.50. The summed E-state index contributed by atoms with van der Waals surface area (Å²) < 4.78 is 0. The normalized spacial score (nSPS) is 30.6. The van der Waals surface area contributed by atoms with Crippen molar-refractivity contribution in [3.8, 4) is 0 Å². The monoisotopic (exact) mass is 502 g/mol. The maximum Gasteiger partial charge on any atom is 0.248 e. The summed E-state index contributed by atoms with van der Waals surface area (Å²) in [5.41, 5.74) is 11.8. The molecule has 0 spiro atoms. The standard InChI is InChI=1S/C33H46N2O2/c1-4-15-35(16-5-2)21-23-9-11-27-24(19-23)10-12-29-28(27)13-14-33(3)30(29)20-26(31(33)36)18-22-7-6-8-25(17-22)32(34)37/h6-9,11,17,19,26,28-31,36H,4-5,10,12-16,18,20-21H2,1-3H3,(H2,34,37)/t26-,28+,29+,30-,31-,33-/m0/s1. The third-order valence-corrected chi connectivity index (χ3v) is 10.1. The van der Waals surface area contributed by atoms with E-state index in [2.05, 4.69) is 49.9 Å². The first kappa shape index (κ1) is 26.4. The van der Waals surface area contributed by atoms with E-state index in [1.165, 1.54) is 50.8 Å². The van der Waals surface area contributed by atoms with Gasteiger partial charge in [0.15, 0.2) is 0 Å². The van der Waals surface area contributed by atoms with Gasteiger partial charge < -0.3 is 10.8 Å². The Morgan fingerprint density at radius 2 is 1.86 bits per heavy atom. The number of nitrogens with two attached hydrogens (primary N) is 1. The van der Waals surface area contributed by atoms with Crippen molar-refractivity contribution in [1.29, 1.82) is 0 Å². The maximum absolute atomic E-state index is 11.7. The molecule has 200 valence electrons. The minimum Gasteiger partial charge on any atom is -0.392 e. The van der Waals surface area contributed by atoms with Crippen LogP contribution in [-0.4, -0.2) is 35.1 Å². The van der Waals surface area contributed by atoms with Crippen molar-refractivity contribution < 1.29 is 9.90 Å². The molecule has 0 heterocycles.